The molecule has 2 heterocycles. The Morgan fingerprint density at radius 3 is 2.61 bits per heavy atom. The van der Waals surface area contributed by atoms with Crippen molar-refractivity contribution in [2.45, 2.75) is 58.7 Å². The van der Waals surface area contributed by atoms with Crippen LogP contribution in [-0.4, -0.2) is 36.0 Å². The molecule has 1 aromatic heterocycles. The van der Waals surface area contributed by atoms with Crippen LogP contribution in [0.15, 0.2) is 57.7 Å². The molecule has 6 nitrogen and oxygen atoms in total. The van der Waals surface area contributed by atoms with Crippen molar-refractivity contribution in [2.75, 3.05) is 13.1 Å². The molecular formula is C27H32N2O4. The minimum Gasteiger partial charge on any atom is -0.480 e. The zero-order chi connectivity index (χ0) is 23.4. The zero-order valence-corrected chi connectivity index (χ0v) is 19.6. The van der Waals surface area contributed by atoms with Gasteiger partial charge in [0.25, 0.3) is 5.91 Å². The third-order valence-corrected chi connectivity index (χ3v) is 6.27. The summed E-state index contributed by atoms with van der Waals surface area (Å²) in [6, 6.07) is 15.8. The van der Waals surface area contributed by atoms with Crippen LogP contribution >= 0.6 is 0 Å². The molecule has 1 atom stereocenters. The molecular weight excluding hydrogens is 416 g/mol. The van der Waals surface area contributed by atoms with Gasteiger partial charge in [-0.2, -0.15) is 0 Å². The Morgan fingerprint density at radius 2 is 1.91 bits per heavy atom. The fraction of sp³-hybridized carbons (Fsp3) is 0.407. The smallest absolute Gasteiger partial charge is 0.336 e. The Bertz CT molecular complexity index is 1160. The van der Waals surface area contributed by atoms with Crippen LogP contribution < -0.4 is 15.7 Å². The third-order valence-electron chi connectivity index (χ3n) is 6.27. The van der Waals surface area contributed by atoms with Gasteiger partial charge in [-0.25, -0.2) is 4.79 Å². The Morgan fingerprint density at radius 1 is 1.18 bits per heavy atom. The summed E-state index contributed by atoms with van der Waals surface area (Å²) in [4.78, 5) is 27.2. The maximum atomic E-state index is 12.9. The molecule has 0 saturated carbocycles. The van der Waals surface area contributed by atoms with Gasteiger partial charge in [-0.05, 0) is 61.9 Å². The number of benzene rings is 2. The maximum Gasteiger partial charge on any atom is 0.336 e. The van der Waals surface area contributed by atoms with Gasteiger partial charge >= 0.3 is 5.63 Å². The van der Waals surface area contributed by atoms with E-state index in [2.05, 4.69) is 34.5 Å². The van der Waals surface area contributed by atoms with Gasteiger partial charge in [0.1, 0.15) is 11.3 Å². The van der Waals surface area contributed by atoms with Crippen molar-refractivity contribution < 1.29 is 13.9 Å². The summed E-state index contributed by atoms with van der Waals surface area (Å²) in [5.74, 6) is 0.451. The number of piperidine rings is 1. The van der Waals surface area contributed by atoms with Gasteiger partial charge in [0, 0.05) is 31.7 Å². The average molecular weight is 449 g/mol. The summed E-state index contributed by atoms with van der Waals surface area (Å²) >= 11 is 0. The Hall–Kier alpha value is -3.12. The number of fused-ring (bicyclic) bond motifs is 1. The van der Waals surface area contributed by atoms with E-state index in [1.807, 2.05) is 32.0 Å². The van der Waals surface area contributed by atoms with Crippen LogP contribution in [0.3, 0.4) is 0 Å². The Kier molecular flexibility index (Phi) is 7.14. The molecule has 1 fully saturated rings. The van der Waals surface area contributed by atoms with E-state index >= 15 is 0 Å². The summed E-state index contributed by atoms with van der Waals surface area (Å²) in [6.07, 6.45) is 1.85. The predicted octanol–water partition coefficient (Wildman–Crippen LogP) is 4.21. The van der Waals surface area contributed by atoms with Crippen LogP contribution in [0.4, 0.5) is 0 Å². The number of hydrogen-bond acceptors (Lipinski definition) is 5. The van der Waals surface area contributed by atoms with Crippen LogP contribution in [0.1, 0.15) is 43.4 Å². The molecule has 1 aliphatic rings. The van der Waals surface area contributed by atoms with E-state index in [4.69, 9.17) is 9.15 Å². The quantitative estimate of drug-likeness (QED) is 0.548. The number of amides is 1. The van der Waals surface area contributed by atoms with E-state index in [-0.39, 0.29) is 17.6 Å². The Balaban J connectivity index is 1.38. The standard InChI is InChI=1S/C27H32N2O4/c1-4-21-16-25(30)33-24-15-18(2)14-23(26(21)24)32-19(3)27(31)28-22-10-12-29(13-11-22)17-20-8-6-5-7-9-20/h5-9,14-16,19,22H,4,10-13,17H2,1-3H3,(H,28,31)/t19-/m0/s1. The number of aryl methyl sites for hydroxylation is 2. The van der Waals surface area contributed by atoms with Gasteiger partial charge in [0.15, 0.2) is 6.10 Å². The molecule has 0 radical (unpaired) electrons. The molecule has 4 rings (SSSR count). The molecule has 1 amide bonds. The van der Waals surface area contributed by atoms with Crippen LogP contribution in [0, 0.1) is 6.92 Å². The lowest BCUT2D eigenvalue weighted by atomic mass is 10.0. The van der Waals surface area contributed by atoms with E-state index in [0.29, 0.717) is 17.8 Å². The second kappa shape index (κ2) is 10.2. The SMILES string of the molecule is CCc1cc(=O)oc2cc(C)cc(O[C@@H](C)C(=O)NC3CCN(Cc4ccccc4)CC3)c12. The number of rotatable bonds is 7. The topological polar surface area (TPSA) is 71.8 Å². The van der Waals surface area contributed by atoms with Crippen molar-refractivity contribution in [1.82, 2.24) is 10.2 Å². The van der Waals surface area contributed by atoms with Gasteiger partial charge < -0.3 is 14.5 Å². The van der Waals surface area contributed by atoms with Crippen molar-refractivity contribution in [3.05, 3.63) is 75.6 Å². The second-order valence-electron chi connectivity index (χ2n) is 8.89. The van der Waals surface area contributed by atoms with Gasteiger partial charge in [-0.15, -0.1) is 0 Å². The largest absolute Gasteiger partial charge is 0.480 e. The van der Waals surface area contributed by atoms with E-state index in [9.17, 15) is 9.59 Å². The van der Waals surface area contributed by atoms with Gasteiger partial charge in [0.2, 0.25) is 0 Å². The first kappa shape index (κ1) is 23.1. The first-order valence-corrected chi connectivity index (χ1v) is 11.7. The molecule has 3 aromatic rings. The summed E-state index contributed by atoms with van der Waals surface area (Å²) in [6.45, 7) is 8.51. The van der Waals surface area contributed by atoms with Crippen molar-refractivity contribution in [1.29, 1.82) is 0 Å². The summed E-state index contributed by atoms with van der Waals surface area (Å²) in [5, 5.41) is 3.92. The van der Waals surface area contributed by atoms with Crippen molar-refractivity contribution in [3.63, 3.8) is 0 Å². The van der Waals surface area contributed by atoms with Crippen molar-refractivity contribution in [3.8, 4) is 5.75 Å². The molecule has 0 unspecified atom stereocenters. The molecule has 1 aliphatic heterocycles. The van der Waals surface area contributed by atoms with Crippen LogP contribution in [-0.2, 0) is 17.8 Å². The van der Waals surface area contributed by atoms with Crippen LogP contribution in [0.5, 0.6) is 5.75 Å². The van der Waals surface area contributed by atoms with Crippen LogP contribution in [0.2, 0.25) is 0 Å². The number of ether oxygens (including phenoxy) is 1. The highest BCUT2D eigenvalue weighted by molar-refractivity contribution is 5.88. The molecule has 33 heavy (non-hydrogen) atoms. The van der Waals surface area contributed by atoms with E-state index in [1.165, 1.54) is 11.6 Å². The zero-order valence-electron chi connectivity index (χ0n) is 19.6. The summed E-state index contributed by atoms with van der Waals surface area (Å²) in [5.41, 5.74) is 3.20. The lowest BCUT2D eigenvalue weighted by Gasteiger charge is -2.33. The van der Waals surface area contributed by atoms with E-state index in [0.717, 1.165) is 49.0 Å². The van der Waals surface area contributed by atoms with Gasteiger partial charge in [-0.1, -0.05) is 37.3 Å². The number of likely N-dealkylation sites (tertiary alicyclic amines) is 1. The van der Waals surface area contributed by atoms with E-state index < -0.39 is 6.10 Å². The molecule has 6 heteroatoms. The highest BCUT2D eigenvalue weighted by atomic mass is 16.5. The minimum atomic E-state index is -0.658. The highest BCUT2D eigenvalue weighted by Gasteiger charge is 2.24. The van der Waals surface area contributed by atoms with Crippen molar-refractivity contribution in [2.24, 2.45) is 0 Å². The average Bonchev–Trinajstić information content (AvgIpc) is 2.80. The summed E-state index contributed by atoms with van der Waals surface area (Å²) < 4.78 is 11.5. The number of hydrogen-bond donors (Lipinski definition) is 1. The van der Waals surface area contributed by atoms with Crippen molar-refractivity contribution >= 4 is 16.9 Å². The number of carbonyl (C=O) groups excluding carboxylic acids is 1. The molecule has 174 valence electrons. The molecule has 0 aliphatic carbocycles. The van der Waals surface area contributed by atoms with E-state index in [1.54, 1.807) is 6.92 Å². The number of nitrogens with one attached hydrogen (secondary N) is 1. The van der Waals surface area contributed by atoms with Crippen LogP contribution in [0.25, 0.3) is 11.0 Å². The molecule has 1 saturated heterocycles. The number of nitrogens with zero attached hydrogens (tertiary/aromatic N) is 1. The summed E-state index contributed by atoms with van der Waals surface area (Å²) in [7, 11) is 0. The third kappa shape index (κ3) is 5.63. The Labute approximate surface area is 194 Å². The predicted molar refractivity (Wildman–Crippen MR) is 130 cm³/mol. The molecule has 2 aromatic carbocycles. The number of carbonyl (C=O) groups is 1. The van der Waals surface area contributed by atoms with Gasteiger partial charge in [0.05, 0.1) is 5.39 Å². The maximum absolute atomic E-state index is 12.9. The lowest BCUT2D eigenvalue weighted by molar-refractivity contribution is -0.128. The molecule has 1 N–H and O–H groups in total. The second-order valence-corrected chi connectivity index (χ2v) is 8.89. The molecule has 0 bridgehead atoms. The lowest BCUT2D eigenvalue weighted by Crippen LogP contribution is -2.47. The highest BCUT2D eigenvalue weighted by Crippen LogP contribution is 2.31. The minimum absolute atomic E-state index is 0.124. The fourth-order valence-electron chi connectivity index (χ4n) is 4.48. The first-order chi connectivity index (χ1) is 15.9. The first-order valence-electron chi connectivity index (χ1n) is 11.7. The van der Waals surface area contributed by atoms with Gasteiger partial charge in [-0.3, -0.25) is 9.69 Å². The molecule has 0 spiro atoms. The monoisotopic (exact) mass is 448 g/mol. The normalized spacial score (nSPS) is 16.0. The fourth-order valence-corrected chi connectivity index (χ4v) is 4.48.